The van der Waals surface area contributed by atoms with E-state index in [0.29, 0.717) is 17.1 Å². The molecule has 1 atom stereocenters. The smallest absolute Gasteiger partial charge is 0.403 e. The van der Waals surface area contributed by atoms with Crippen LogP contribution < -0.4 is 15.4 Å². The van der Waals surface area contributed by atoms with Crippen molar-refractivity contribution in [1.29, 1.82) is 0 Å². The Labute approximate surface area is 173 Å². The number of pyridine rings is 1. The molecule has 1 saturated carbocycles. The van der Waals surface area contributed by atoms with Crippen molar-refractivity contribution in [2.24, 2.45) is 0 Å². The quantitative estimate of drug-likeness (QED) is 0.782. The van der Waals surface area contributed by atoms with E-state index >= 15 is 0 Å². The van der Waals surface area contributed by atoms with E-state index in [0.717, 1.165) is 31.5 Å². The number of rotatable bonds is 4. The van der Waals surface area contributed by atoms with Gasteiger partial charge in [-0.3, -0.25) is 4.79 Å². The zero-order chi connectivity index (χ0) is 21.9. The lowest BCUT2D eigenvalue weighted by atomic mass is 10.0. The molecule has 1 aromatic carbocycles. The normalized spacial score (nSPS) is 18.7. The monoisotopic (exact) mass is 425 g/mol. The Kier molecular flexibility index (Phi) is 6.82. The number of nitrogens with zero attached hydrogens (tertiary/aromatic N) is 1. The molecule has 2 fully saturated rings. The first-order valence-corrected chi connectivity index (χ1v) is 9.88. The molecule has 2 aliphatic rings. The summed E-state index contributed by atoms with van der Waals surface area (Å²) in [5.41, 5.74) is 1.60. The van der Waals surface area contributed by atoms with Crippen molar-refractivity contribution in [3.05, 3.63) is 35.0 Å². The van der Waals surface area contributed by atoms with Gasteiger partial charge in [0.15, 0.2) is 5.75 Å². The lowest BCUT2D eigenvalue weighted by molar-refractivity contribution is -0.274. The van der Waals surface area contributed by atoms with Crippen LogP contribution in [0.2, 0.25) is 0 Å². The predicted octanol–water partition coefficient (Wildman–Crippen LogP) is 3.67. The lowest BCUT2D eigenvalue weighted by Gasteiger charge is -2.15. The summed E-state index contributed by atoms with van der Waals surface area (Å²) in [6.07, 6.45) is -1.23. The van der Waals surface area contributed by atoms with E-state index < -0.39 is 12.3 Å². The third kappa shape index (κ3) is 5.60. The topological polar surface area (TPSA) is 72.5 Å². The first kappa shape index (κ1) is 22.3. The summed E-state index contributed by atoms with van der Waals surface area (Å²) in [5.74, 6) is -0.544. The van der Waals surface area contributed by atoms with Crippen LogP contribution in [0.4, 0.5) is 13.2 Å². The van der Waals surface area contributed by atoms with Crippen LogP contribution in [-0.4, -0.2) is 50.6 Å². The Bertz CT molecular complexity index is 908. The molecule has 0 bridgehead atoms. The van der Waals surface area contributed by atoms with Gasteiger partial charge in [-0.25, -0.2) is 4.98 Å². The van der Waals surface area contributed by atoms with Gasteiger partial charge in [0, 0.05) is 26.1 Å². The van der Waals surface area contributed by atoms with Gasteiger partial charge in [-0.15, -0.1) is 13.2 Å². The third-order valence-electron chi connectivity index (χ3n) is 5.19. The second-order valence-corrected chi connectivity index (χ2v) is 7.49. The van der Waals surface area contributed by atoms with Gasteiger partial charge >= 0.3 is 6.36 Å². The van der Waals surface area contributed by atoms with Gasteiger partial charge in [-0.2, -0.15) is 0 Å². The number of aryl methyl sites for hydroxylation is 1. The first-order chi connectivity index (χ1) is 14.2. The molecule has 0 unspecified atom stereocenters. The second kappa shape index (κ2) is 9.18. The Hall–Kier alpha value is -2.39. The minimum atomic E-state index is -4.81. The van der Waals surface area contributed by atoms with Gasteiger partial charge in [0.25, 0.3) is 5.91 Å². The zero-order valence-corrected chi connectivity index (χ0v) is 17.2. The van der Waals surface area contributed by atoms with Gasteiger partial charge in [0.05, 0.1) is 6.10 Å². The highest BCUT2D eigenvalue weighted by atomic mass is 19.4. The number of amides is 1. The summed E-state index contributed by atoms with van der Waals surface area (Å²) in [6.45, 7) is 3.90. The highest BCUT2D eigenvalue weighted by Crippen LogP contribution is 2.44. The fraction of sp³-hybridized carbons (Fsp3) is 0.524. The van der Waals surface area contributed by atoms with E-state index in [9.17, 15) is 18.0 Å². The van der Waals surface area contributed by atoms with E-state index in [1.165, 1.54) is 19.5 Å². The molecule has 0 spiro atoms. The molecule has 2 heterocycles. The molecule has 1 aliphatic heterocycles. The first-order valence-electron chi connectivity index (χ1n) is 9.88. The summed E-state index contributed by atoms with van der Waals surface area (Å²) in [7, 11) is 3.20. The number of benzene rings is 1. The number of ether oxygens (including phenoxy) is 2. The SMILES string of the molecule is CNC(=O)c1cc(C)c2cc(C3CC3)cc(OC(F)(F)F)c2n1.CO[C@H]1CCNC1. The molecule has 0 radical (unpaired) electrons. The lowest BCUT2D eigenvalue weighted by Crippen LogP contribution is -2.20. The summed E-state index contributed by atoms with van der Waals surface area (Å²) in [6, 6.07) is 4.79. The maximum Gasteiger partial charge on any atom is 0.573 e. The molecule has 2 N–H and O–H groups in total. The molecule has 1 aromatic heterocycles. The van der Waals surface area contributed by atoms with Crippen LogP contribution in [0.3, 0.4) is 0 Å². The van der Waals surface area contributed by atoms with Crippen LogP contribution in [0.25, 0.3) is 10.9 Å². The molecule has 1 aliphatic carbocycles. The largest absolute Gasteiger partial charge is 0.573 e. The van der Waals surface area contributed by atoms with Crippen LogP contribution in [-0.2, 0) is 4.74 Å². The van der Waals surface area contributed by atoms with Gasteiger partial charge in [0.2, 0.25) is 0 Å². The van der Waals surface area contributed by atoms with E-state index in [1.807, 2.05) is 6.07 Å². The van der Waals surface area contributed by atoms with Gasteiger partial charge in [-0.1, -0.05) is 0 Å². The Morgan fingerprint density at radius 3 is 2.47 bits per heavy atom. The number of aromatic nitrogens is 1. The zero-order valence-electron chi connectivity index (χ0n) is 17.2. The molecule has 4 rings (SSSR count). The minimum Gasteiger partial charge on any atom is -0.403 e. The molecular weight excluding hydrogens is 399 g/mol. The van der Waals surface area contributed by atoms with Crippen LogP contribution in [0.15, 0.2) is 18.2 Å². The minimum absolute atomic E-state index is 0.0466. The van der Waals surface area contributed by atoms with Crippen LogP contribution >= 0.6 is 0 Å². The molecule has 1 saturated heterocycles. The maximum absolute atomic E-state index is 12.7. The number of alkyl halides is 3. The van der Waals surface area contributed by atoms with Crippen LogP contribution in [0.1, 0.15) is 46.8 Å². The number of fused-ring (bicyclic) bond motifs is 1. The molecule has 6 nitrogen and oxygen atoms in total. The summed E-state index contributed by atoms with van der Waals surface area (Å²) in [4.78, 5) is 15.8. The Morgan fingerprint density at radius 1 is 1.23 bits per heavy atom. The third-order valence-corrected chi connectivity index (χ3v) is 5.19. The van der Waals surface area contributed by atoms with Crippen molar-refractivity contribution in [3.8, 4) is 5.75 Å². The predicted molar refractivity (Wildman–Crippen MR) is 107 cm³/mol. The van der Waals surface area contributed by atoms with Crippen molar-refractivity contribution in [3.63, 3.8) is 0 Å². The second-order valence-electron chi connectivity index (χ2n) is 7.49. The number of carbonyl (C=O) groups is 1. The molecule has 9 heteroatoms. The number of hydrogen-bond acceptors (Lipinski definition) is 5. The number of nitrogens with one attached hydrogen (secondary N) is 2. The van der Waals surface area contributed by atoms with Crippen molar-refractivity contribution in [2.45, 2.75) is 44.6 Å². The summed E-state index contributed by atoms with van der Waals surface area (Å²) < 4.78 is 47.4. The standard InChI is InChI=1S/C16H15F3N2O2.C5H11NO/c1-8-5-12(15(22)20-2)21-14-11(8)6-10(9-3-4-9)7-13(14)23-16(17,18)19;1-7-5-2-3-6-4-5/h5-7,9H,3-4H2,1-2H3,(H,20,22);5-6H,2-4H2,1H3/t;5-/m.0/s1. The Morgan fingerprint density at radius 2 is 1.97 bits per heavy atom. The fourth-order valence-electron chi connectivity index (χ4n) is 3.41. The Balaban J connectivity index is 0.000000310. The summed E-state index contributed by atoms with van der Waals surface area (Å²) >= 11 is 0. The van der Waals surface area contributed by atoms with Crippen molar-refractivity contribution in [2.75, 3.05) is 27.2 Å². The van der Waals surface area contributed by atoms with E-state index in [-0.39, 0.29) is 22.9 Å². The van der Waals surface area contributed by atoms with Gasteiger partial charge in [-0.05, 0) is 68.0 Å². The maximum atomic E-state index is 12.7. The number of methoxy groups -OCH3 is 1. The van der Waals surface area contributed by atoms with Crippen molar-refractivity contribution < 1.29 is 27.4 Å². The fourth-order valence-corrected chi connectivity index (χ4v) is 3.41. The molecule has 1 amide bonds. The van der Waals surface area contributed by atoms with E-state index in [1.54, 1.807) is 20.1 Å². The highest BCUT2D eigenvalue weighted by molar-refractivity contribution is 5.97. The number of carbonyl (C=O) groups excluding carboxylic acids is 1. The average molecular weight is 425 g/mol. The van der Waals surface area contributed by atoms with Crippen molar-refractivity contribution in [1.82, 2.24) is 15.6 Å². The molecule has 2 aromatic rings. The van der Waals surface area contributed by atoms with E-state index in [2.05, 4.69) is 20.4 Å². The average Bonchev–Trinajstić information content (AvgIpc) is 3.41. The molecule has 164 valence electrons. The van der Waals surface area contributed by atoms with Crippen LogP contribution in [0.5, 0.6) is 5.75 Å². The number of halogens is 3. The van der Waals surface area contributed by atoms with E-state index in [4.69, 9.17) is 4.74 Å². The van der Waals surface area contributed by atoms with Crippen LogP contribution in [0, 0.1) is 6.92 Å². The molecule has 30 heavy (non-hydrogen) atoms. The molecular formula is C21H26F3N3O3. The van der Waals surface area contributed by atoms with Gasteiger partial charge < -0.3 is 20.1 Å². The number of hydrogen-bond donors (Lipinski definition) is 2. The highest BCUT2D eigenvalue weighted by Gasteiger charge is 2.34. The summed E-state index contributed by atoms with van der Waals surface area (Å²) in [5, 5.41) is 6.18. The van der Waals surface area contributed by atoms with Gasteiger partial charge in [0.1, 0.15) is 11.2 Å². The van der Waals surface area contributed by atoms with Crippen molar-refractivity contribution >= 4 is 16.8 Å².